The molecule has 0 aromatic rings. The van der Waals surface area contributed by atoms with E-state index < -0.39 is 18.3 Å². The van der Waals surface area contributed by atoms with E-state index in [9.17, 15) is 14.4 Å². The summed E-state index contributed by atoms with van der Waals surface area (Å²) in [6.45, 7) is 2.19. The van der Waals surface area contributed by atoms with Crippen LogP contribution < -0.4 is 22.5 Å². The highest BCUT2D eigenvalue weighted by Gasteiger charge is 2.11. The molecular weight excluding hydrogens is 380 g/mol. The molecule has 0 aliphatic rings. The van der Waals surface area contributed by atoms with Gasteiger partial charge >= 0.3 is 18.3 Å². The van der Waals surface area contributed by atoms with E-state index in [-0.39, 0.29) is 13.2 Å². The van der Waals surface area contributed by atoms with Crippen molar-refractivity contribution >= 4 is 18.3 Å². The molecular formula is C19H38N4O6. The molecule has 0 aliphatic heterocycles. The van der Waals surface area contributed by atoms with E-state index in [4.69, 9.17) is 31.4 Å². The van der Waals surface area contributed by atoms with E-state index in [1.54, 1.807) is 0 Å². The van der Waals surface area contributed by atoms with Crippen LogP contribution in [0.5, 0.6) is 0 Å². The van der Waals surface area contributed by atoms with Gasteiger partial charge in [-0.3, -0.25) is 0 Å². The second-order valence-corrected chi connectivity index (χ2v) is 6.89. The maximum Gasteiger partial charge on any atom is 0.407 e. The lowest BCUT2D eigenvalue weighted by molar-refractivity contribution is 0.138. The van der Waals surface area contributed by atoms with Crippen LogP contribution in [-0.4, -0.2) is 51.2 Å². The van der Waals surface area contributed by atoms with E-state index in [1.807, 2.05) is 0 Å². The fourth-order valence-electron chi connectivity index (χ4n) is 2.92. The number of alkyl carbamates (subject to hydrolysis) is 1. The van der Waals surface area contributed by atoms with Crippen molar-refractivity contribution in [3.05, 3.63) is 0 Å². The summed E-state index contributed by atoms with van der Waals surface area (Å²) in [6, 6.07) is 0. The van der Waals surface area contributed by atoms with Crippen LogP contribution in [-0.2, 0) is 14.2 Å². The van der Waals surface area contributed by atoms with Gasteiger partial charge in [-0.15, -0.1) is 0 Å². The summed E-state index contributed by atoms with van der Waals surface area (Å²) < 4.78 is 14.7. The van der Waals surface area contributed by atoms with Crippen molar-refractivity contribution in [1.29, 1.82) is 0 Å². The summed E-state index contributed by atoms with van der Waals surface area (Å²) in [4.78, 5) is 32.9. The van der Waals surface area contributed by atoms with Crippen LogP contribution in [0.4, 0.5) is 14.4 Å². The standard InChI is InChI=1S/C19H38N4O6/c20-11-3-1-2-4-12-23-19(26)29-15-7-10-16(8-5-13-27-17(21)24)9-6-14-28-18(22)25/h16H,1-15,20H2,(H2,21,24)(H2,22,25)(H,23,26). The highest BCUT2D eigenvalue weighted by atomic mass is 16.6. The number of primary amides is 2. The Balaban J connectivity index is 3.92. The molecule has 7 N–H and O–H groups in total. The summed E-state index contributed by atoms with van der Waals surface area (Å²) in [5, 5.41) is 2.74. The molecule has 10 nitrogen and oxygen atoms in total. The lowest BCUT2D eigenvalue weighted by atomic mass is 9.93. The van der Waals surface area contributed by atoms with Gasteiger partial charge in [0.15, 0.2) is 0 Å². The molecule has 0 heterocycles. The molecule has 0 saturated heterocycles. The second kappa shape index (κ2) is 19.1. The van der Waals surface area contributed by atoms with Crippen LogP contribution in [0.2, 0.25) is 0 Å². The van der Waals surface area contributed by atoms with Crippen molar-refractivity contribution < 1.29 is 28.6 Å². The number of hydrogen-bond acceptors (Lipinski definition) is 7. The summed E-state index contributed by atoms with van der Waals surface area (Å²) in [5.74, 6) is 0.331. The van der Waals surface area contributed by atoms with Crippen LogP contribution in [0.3, 0.4) is 0 Å². The van der Waals surface area contributed by atoms with Crippen LogP contribution in [0, 0.1) is 5.92 Å². The van der Waals surface area contributed by atoms with Crippen molar-refractivity contribution in [2.75, 3.05) is 32.9 Å². The quantitative estimate of drug-likeness (QED) is 0.195. The molecule has 0 radical (unpaired) electrons. The first kappa shape index (κ1) is 26.8. The molecule has 0 unspecified atom stereocenters. The Labute approximate surface area is 173 Å². The Bertz CT molecular complexity index is 428. The zero-order chi connectivity index (χ0) is 21.7. The minimum absolute atomic E-state index is 0.272. The minimum Gasteiger partial charge on any atom is -0.450 e. The summed E-state index contributed by atoms with van der Waals surface area (Å²) in [6.07, 6.45) is 6.69. The average molecular weight is 419 g/mol. The van der Waals surface area contributed by atoms with Crippen LogP contribution in [0.1, 0.15) is 64.2 Å². The lowest BCUT2D eigenvalue weighted by Gasteiger charge is -2.17. The number of unbranched alkanes of at least 4 members (excludes halogenated alkanes) is 3. The third-order valence-corrected chi connectivity index (χ3v) is 4.39. The molecule has 0 bridgehead atoms. The molecule has 29 heavy (non-hydrogen) atoms. The minimum atomic E-state index is -0.782. The number of carbonyl (C=O) groups excluding carboxylic acids is 3. The van der Waals surface area contributed by atoms with Gasteiger partial charge in [-0.2, -0.15) is 0 Å². The number of ether oxygens (including phenoxy) is 3. The molecule has 0 aromatic heterocycles. The molecule has 0 rings (SSSR count). The molecule has 0 aromatic carbocycles. The van der Waals surface area contributed by atoms with Crippen molar-refractivity contribution in [2.24, 2.45) is 23.1 Å². The number of nitrogens with one attached hydrogen (secondary N) is 1. The molecule has 3 amide bonds. The third-order valence-electron chi connectivity index (χ3n) is 4.39. The largest absolute Gasteiger partial charge is 0.450 e. The predicted octanol–water partition coefficient (Wildman–Crippen LogP) is 2.38. The van der Waals surface area contributed by atoms with Crippen molar-refractivity contribution in [2.45, 2.75) is 64.2 Å². The van der Waals surface area contributed by atoms with Gasteiger partial charge in [-0.25, -0.2) is 14.4 Å². The predicted molar refractivity (Wildman–Crippen MR) is 109 cm³/mol. The second-order valence-electron chi connectivity index (χ2n) is 6.89. The van der Waals surface area contributed by atoms with Gasteiger partial charge in [0.05, 0.1) is 19.8 Å². The van der Waals surface area contributed by atoms with Crippen molar-refractivity contribution in [1.82, 2.24) is 5.32 Å². The Morgan fingerprint density at radius 1 is 0.690 bits per heavy atom. The monoisotopic (exact) mass is 418 g/mol. The Morgan fingerprint density at radius 3 is 1.66 bits per heavy atom. The van der Waals surface area contributed by atoms with E-state index in [1.165, 1.54) is 0 Å². The molecule has 170 valence electrons. The SMILES string of the molecule is NCCCCCCNC(=O)OCCCC(CCCOC(N)=O)CCCOC(N)=O. The zero-order valence-electron chi connectivity index (χ0n) is 17.4. The highest BCUT2D eigenvalue weighted by molar-refractivity contribution is 5.67. The lowest BCUT2D eigenvalue weighted by Crippen LogP contribution is -2.25. The Hall–Kier alpha value is -2.23. The number of carbonyl (C=O) groups is 3. The summed E-state index contributed by atoms with van der Waals surface area (Å²) in [5.41, 5.74) is 15.3. The number of nitrogens with two attached hydrogens (primary N) is 3. The topological polar surface area (TPSA) is 169 Å². The average Bonchev–Trinajstić information content (AvgIpc) is 2.67. The van der Waals surface area contributed by atoms with Gasteiger partial charge in [-0.05, 0) is 63.8 Å². The molecule has 0 spiro atoms. The van der Waals surface area contributed by atoms with Gasteiger partial charge in [-0.1, -0.05) is 12.8 Å². The third kappa shape index (κ3) is 20.3. The summed E-state index contributed by atoms with van der Waals surface area (Å²) >= 11 is 0. The molecule has 0 aliphatic carbocycles. The number of hydrogen-bond donors (Lipinski definition) is 4. The molecule has 0 atom stereocenters. The van der Waals surface area contributed by atoms with Crippen molar-refractivity contribution in [3.63, 3.8) is 0 Å². The molecule has 0 fully saturated rings. The number of amides is 3. The summed E-state index contributed by atoms with van der Waals surface area (Å²) in [7, 11) is 0. The molecule has 10 heteroatoms. The van der Waals surface area contributed by atoms with E-state index in [2.05, 4.69) is 5.32 Å². The fraction of sp³-hybridized carbons (Fsp3) is 0.842. The first-order chi connectivity index (χ1) is 14.0. The normalized spacial score (nSPS) is 10.6. The van der Waals surface area contributed by atoms with Crippen LogP contribution >= 0.6 is 0 Å². The van der Waals surface area contributed by atoms with Gasteiger partial charge < -0.3 is 36.7 Å². The Morgan fingerprint density at radius 2 is 1.17 bits per heavy atom. The first-order valence-corrected chi connectivity index (χ1v) is 10.4. The highest BCUT2D eigenvalue weighted by Crippen LogP contribution is 2.20. The van der Waals surface area contributed by atoms with Gasteiger partial charge in [0.2, 0.25) is 0 Å². The van der Waals surface area contributed by atoms with E-state index >= 15 is 0 Å². The Kier molecular flexibility index (Phi) is 17.6. The fourth-order valence-corrected chi connectivity index (χ4v) is 2.92. The number of rotatable bonds is 18. The maximum atomic E-state index is 11.7. The van der Waals surface area contributed by atoms with Crippen molar-refractivity contribution in [3.8, 4) is 0 Å². The molecule has 0 saturated carbocycles. The first-order valence-electron chi connectivity index (χ1n) is 10.4. The van der Waals surface area contributed by atoms with Crippen LogP contribution in [0.15, 0.2) is 0 Å². The zero-order valence-corrected chi connectivity index (χ0v) is 17.4. The smallest absolute Gasteiger partial charge is 0.407 e. The van der Waals surface area contributed by atoms with E-state index in [0.717, 1.165) is 51.4 Å². The van der Waals surface area contributed by atoms with E-state index in [0.29, 0.717) is 38.5 Å². The van der Waals surface area contributed by atoms with Gasteiger partial charge in [0.25, 0.3) is 0 Å². The maximum absolute atomic E-state index is 11.7. The van der Waals surface area contributed by atoms with Crippen LogP contribution in [0.25, 0.3) is 0 Å². The van der Waals surface area contributed by atoms with Gasteiger partial charge in [0.1, 0.15) is 0 Å². The van der Waals surface area contributed by atoms with Gasteiger partial charge in [0, 0.05) is 6.54 Å².